The third-order valence-electron chi connectivity index (χ3n) is 4.47. The predicted octanol–water partition coefficient (Wildman–Crippen LogP) is 2.52. The maximum Gasteiger partial charge on any atom is 0.251 e. The Labute approximate surface area is 142 Å². The van der Waals surface area contributed by atoms with Gasteiger partial charge in [0.05, 0.1) is 18.6 Å². The van der Waals surface area contributed by atoms with E-state index in [4.69, 9.17) is 4.42 Å². The van der Waals surface area contributed by atoms with Crippen molar-refractivity contribution in [3.8, 4) is 11.1 Å². The summed E-state index contributed by atoms with van der Waals surface area (Å²) in [6, 6.07) is 9.44. The lowest BCUT2D eigenvalue weighted by molar-refractivity contribution is 0.0816. The number of benzene rings is 1. The molecule has 128 valence electrons. The Morgan fingerprint density at radius 3 is 2.83 bits per heavy atom. The summed E-state index contributed by atoms with van der Waals surface area (Å²) in [6.07, 6.45) is 5.79. The Balaban J connectivity index is 1.44. The lowest BCUT2D eigenvalue weighted by Crippen LogP contribution is -2.37. The van der Waals surface area contributed by atoms with E-state index >= 15 is 0 Å². The van der Waals surface area contributed by atoms with Crippen molar-refractivity contribution in [3.05, 3.63) is 48.4 Å². The van der Waals surface area contributed by atoms with Crippen molar-refractivity contribution in [2.45, 2.75) is 25.4 Å². The standard InChI is InChI=1S/C19H24N2O3/c22-18-5-10-21(11-6-18)9-2-8-20-19(23)16-4-1-3-15(13-16)17-7-12-24-14-17/h1,3-4,7,12-14,18,22H,2,5-6,8-11H2,(H,20,23). The summed E-state index contributed by atoms with van der Waals surface area (Å²) in [4.78, 5) is 14.6. The van der Waals surface area contributed by atoms with Gasteiger partial charge in [-0.2, -0.15) is 0 Å². The Morgan fingerprint density at radius 2 is 2.08 bits per heavy atom. The number of likely N-dealkylation sites (tertiary alicyclic amines) is 1. The largest absolute Gasteiger partial charge is 0.472 e. The van der Waals surface area contributed by atoms with Crippen LogP contribution in [-0.2, 0) is 0 Å². The molecule has 2 N–H and O–H groups in total. The molecule has 1 saturated heterocycles. The van der Waals surface area contributed by atoms with Crippen LogP contribution in [0.2, 0.25) is 0 Å². The quantitative estimate of drug-likeness (QED) is 0.800. The number of hydrogen-bond acceptors (Lipinski definition) is 4. The molecular formula is C19H24N2O3. The highest BCUT2D eigenvalue weighted by Gasteiger charge is 2.16. The number of rotatable bonds is 6. The van der Waals surface area contributed by atoms with E-state index in [9.17, 15) is 9.90 Å². The maximum absolute atomic E-state index is 12.3. The molecule has 0 atom stereocenters. The molecule has 1 aliphatic rings. The number of aliphatic hydroxyl groups excluding tert-OH is 1. The van der Waals surface area contributed by atoms with Gasteiger partial charge in [-0.25, -0.2) is 0 Å². The minimum Gasteiger partial charge on any atom is -0.472 e. The molecule has 2 aromatic rings. The van der Waals surface area contributed by atoms with Crippen LogP contribution in [0.1, 0.15) is 29.6 Å². The smallest absolute Gasteiger partial charge is 0.251 e. The summed E-state index contributed by atoms with van der Waals surface area (Å²) in [5.41, 5.74) is 2.61. The summed E-state index contributed by atoms with van der Waals surface area (Å²) in [7, 11) is 0. The topological polar surface area (TPSA) is 65.7 Å². The molecule has 0 spiro atoms. The minimum absolute atomic E-state index is 0.0468. The van der Waals surface area contributed by atoms with Crippen molar-refractivity contribution in [1.29, 1.82) is 0 Å². The van der Waals surface area contributed by atoms with Gasteiger partial charge < -0.3 is 19.7 Å². The van der Waals surface area contributed by atoms with Crippen molar-refractivity contribution < 1.29 is 14.3 Å². The first-order valence-corrected chi connectivity index (χ1v) is 8.53. The first kappa shape index (κ1) is 16.7. The van der Waals surface area contributed by atoms with Gasteiger partial charge in [0.2, 0.25) is 0 Å². The van der Waals surface area contributed by atoms with Crippen LogP contribution in [0.5, 0.6) is 0 Å². The lowest BCUT2D eigenvalue weighted by Gasteiger charge is -2.29. The van der Waals surface area contributed by atoms with E-state index in [0.717, 1.165) is 50.0 Å². The van der Waals surface area contributed by atoms with E-state index in [-0.39, 0.29) is 12.0 Å². The van der Waals surface area contributed by atoms with E-state index in [0.29, 0.717) is 12.1 Å². The number of amides is 1. The summed E-state index contributed by atoms with van der Waals surface area (Å²) in [6.45, 7) is 3.51. The first-order chi connectivity index (χ1) is 11.7. The minimum atomic E-state index is -0.136. The Morgan fingerprint density at radius 1 is 1.25 bits per heavy atom. The van der Waals surface area contributed by atoms with Crippen molar-refractivity contribution in [3.63, 3.8) is 0 Å². The zero-order valence-corrected chi connectivity index (χ0v) is 13.8. The number of hydrogen-bond donors (Lipinski definition) is 2. The molecule has 0 aliphatic carbocycles. The van der Waals surface area contributed by atoms with Crippen LogP contribution in [-0.4, -0.2) is 48.2 Å². The van der Waals surface area contributed by atoms with E-state index in [1.54, 1.807) is 12.5 Å². The van der Waals surface area contributed by atoms with Gasteiger partial charge in [0, 0.05) is 30.8 Å². The number of aliphatic hydroxyl groups is 1. The zero-order chi connectivity index (χ0) is 16.8. The highest BCUT2D eigenvalue weighted by molar-refractivity contribution is 5.95. The average Bonchev–Trinajstić information content (AvgIpc) is 3.15. The van der Waals surface area contributed by atoms with Gasteiger partial charge in [-0.05, 0) is 49.6 Å². The van der Waals surface area contributed by atoms with Crippen LogP contribution < -0.4 is 5.32 Å². The third kappa shape index (κ3) is 4.46. The predicted molar refractivity (Wildman–Crippen MR) is 92.8 cm³/mol. The summed E-state index contributed by atoms with van der Waals surface area (Å²) >= 11 is 0. The molecule has 1 amide bonds. The van der Waals surface area contributed by atoms with Gasteiger partial charge in [0.15, 0.2) is 0 Å². The first-order valence-electron chi connectivity index (χ1n) is 8.53. The zero-order valence-electron chi connectivity index (χ0n) is 13.8. The molecule has 0 radical (unpaired) electrons. The Bertz CT molecular complexity index is 646. The second kappa shape index (κ2) is 8.13. The Kier molecular flexibility index (Phi) is 5.67. The summed E-state index contributed by atoms with van der Waals surface area (Å²) < 4.78 is 5.09. The van der Waals surface area contributed by atoms with Gasteiger partial charge in [-0.3, -0.25) is 4.79 Å². The fourth-order valence-electron chi connectivity index (χ4n) is 3.02. The van der Waals surface area contributed by atoms with Gasteiger partial charge in [0.25, 0.3) is 5.91 Å². The van der Waals surface area contributed by atoms with Gasteiger partial charge in [-0.1, -0.05) is 12.1 Å². The van der Waals surface area contributed by atoms with Gasteiger partial charge in [-0.15, -0.1) is 0 Å². The molecule has 1 fully saturated rings. The van der Waals surface area contributed by atoms with Gasteiger partial charge >= 0.3 is 0 Å². The molecule has 2 heterocycles. The van der Waals surface area contributed by atoms with E-state index in [2.05, 4.69) is 10.2 Å². The van der Waals surface area contributed by atoms with Crippen molar-refractivity contribution in [2.75, 3.05) is 26.2 Å². The molecule has 0 unspecified atom stereocenters. The van der Waals surface area contributed by atoms with E-state index in [1.807, 2.05) is 30.3 Å². The number of nitrogens with zero attached hydrogens (tertiary/aromatic N) is 1. The Hall–Kier alpha value is -2.11. The third-order valence-corrected chi connectivity index (χ3v) is 4.47. The molecule has 3 rings (SSSR count). The average molecular weight is 328 g/mol. The second-order valence-electron chi connectivity index (χ2n) is 6.28. The van der Waals surface area contributed by atoms with E-state index < -0.39 is 0 Å². The van der Waals surface area contributed by atoms with Crippen LogP contribution in [0, 0.1) is 0 Å². The summed E-state index contributed by atoms with van der Waals surface area (Å²) in [5.74, 6) is -0.0468. The lowest BCUT2D eigenvalue weighted by atomic mass is 10.1. The molecule has 0 saturated carbocycles. The fourth-order valence-corrected chi connectivity index (χ4v) is 3.02. The maximum atomic E-state index is 12.3. The highest BCUT2D eigenvalue weighted by Crippen LogP contribution is 2.20. The summed E-state index contributed by atoms with van der Waals surface area (Å²) in [5, 5.41) is 12.5. The fraction of sp³-hybridized carbons (Fsp3) is 0.421. The molecule has 5 heteroatoms. The van der Waals surface area contributed by atoms with E-state index in [1.165, 1.54) is 0 Å². The molecule has 5 nitrogen and oxygen atoms in total. The molecule has 1 aliphatic heterocycles. The molecule has 0 bridgehead atoms. The number of piperidine rings is 1. The molecule has 1 aromatic carbocycles. The monoisotopic (exact) mass is 328 g/mol. The van der Waals surface area contributed by atoms with Crippen molar-refractivity contribution in [2.24, 2.45) is 0 Å². The number of furan rings is 1. The van der Waals surface area contributed by atoms with Gasteiger partial charge in [0.1, 0.15) is 0 Å². The van der Waals surface area contributed by atoms with Crippen LogP contribution in [0.3, 0.4) is 0 Å². The molecular weight excluding hydrogens is 304 g/mol. The second-order valence-corrected chi connectivity index (χ2v) is 6.28. The molecule has 1 aromatic heterocycles. The van der Waals surface area contributed by atoms with Crippen LogP contribution in [0.15, 0.2) is 47.3 Å². The SMILES string of the molecule is O=C(NCCCN1CCC(O)CC1)c1cccc(-c2ccoc2)c1. The number of carbonyl (C=O) groups excluding carboxylic acids is 1. The van der Waals surface area contributed by atoms with Crippen LogP contribution >= 0.6 is 0 Å². The molecule has 24 heavy (non-hydrogen) atoms. The highest BCUT2D eigenvalue weighted by atomic mass is 16.3. The number of carbonyl (C=O) groups is 1. The van der Waals surface area contributed by atoms with Crippen molar-refractivity contribution >= 4 is 5.91 Å². The van der Waals surface area contributed by atoms with Crippen molar-refractivity contribution in [1.82, 2.24) is 10.2 Å². The van der Waals surface area contributed by atoms with Crippen LogP contribution in [0.25, 0.3) is 11.1 Å². The number of nitrogens with one attached hydrogen (secondary N) is 1. The normalized spacial score (nSPS) is 16.2. The van der Waals surface area contributed by atoms with Crippen LogP contribution in [0.4, 0.5) is 0 Å².